The number of fused-ring (bicyclic) bond motifs is 1. The molecule has 150 valence electrons. The number of nitrogens with zero attached hydrogens (tertiary/aromatic N) is 2. The zero-order chi connectivity index (χ0) is 19.4. The molecule has 5 rings (SSSR count). The van der Waals surface area contributed by atoms with Crippen LogP contribution in [0.1, 0.15) is 77.1 Å². The second-order valence-corrected chi connectivity index (χ2v) is 9.81. The van der Waals surface area contributed by atoms with E-state index in [9.17, 15) is 4.79 Å². The van der Waals surface area contributed by atoms with Crippen molar-refractivity contribution in [2.24, 2.45) is 23.7 Å². The summed E-state index contributed by atoms with van der Waals surface area (Å²) < 4.78 is 8.54. The van der Waals surface area contributed by atoms with Gasteiger partial charge in [-0.25, -0.2) is 4.98 Å². The van der Waals surface area contributed by atoms with Crippen LogP contribution in [0.15, 0.2) is 24.3 Å². The molecule has 3 fully saturated rings. The van der Waals surface area contributed by atoms with E-state index in [0.29, 0.717) is 23.8 Å². The molecule has 0 N–H and O–H groups in total. The largest absolute Gasteiger partial charge is 0.462 e. The second kappa shape index (κ2) is 6.89. The molecule has 0 aliphatic heterocycles. The Hall–Kier alpha value is -1.84. The minimum Gasteiger partial charge on any atom is -0.462 e. The van der Waals surface area contributed by atoms with Crippen molar-refractivity contribution in [1.82, 2.24) is 9.55 Å². The molecule has 28 heavy (non-hydrogen) atoms. The minimum atomic E-state index is -0.000595. The number of imidazole rings is 1. The predicted molar refractivity (Wildman–Crippen MR) is 110 cm³/mol. The molecule has 1 aromatic carbocycles. The normalized spacial score (nSPS) is 32.6. The molecule has 4 nitrogen and oxygen atoms in total. The van der Waals surface area contributed by atoms with Gasteiger partial charge in [0.25, 0.3) is 0 Å². The highest BCUT2D eigenvalue weighted by atomic mass is 16.5. The molecule has 0 amide bonds. The third-order valence-corrected chi connectivity index (χ3v) is 7.19. The molecule has 1 aromatic heterocycles. The molecule has 0 bridgehead atoms. The summed E-state index contributed by atoms with van der Waals surface area (Å²) in [4.78, 5) is 17.9. The Balaban J connectivity index is 1.33. The van der Waals surface area contributed by atoms with Crippen molar-refractivity contribution >= 4 is 17.0 Å². The maximum absolute atomic E-state index is 13.0. The predicted octanol–water partition coefficient (Wildman–Crippen LogP) is 5.48. The Morgan fingerprint density at radius 2 is 1.93 bits per heavy atom. The van der Waals surface area contributed by atoms with Crippen molar-refractivity contribution in [3.05, 3.63) is 30.1 Å². The maximum Gasteiger partial charge on any atom is 0.309 e. The Morgan fingerprint density at radius 1 is 1.14 bits per heavy atom. The first kappa shape index (κ1) is 18.2. The quantitative estimate of drug-likeness (QED) is 0.645. The van der Waals surface area contributed by atoms with Crippen LogP contribution in [0.5, 0.6) is 0 Å². The lowest BCUT2D eigenvalue weighted by Gasteiger charge is -2.36. The van der Waals surface area contributed by atoms with Gasteiger partial charge in [0.2, 0.25) is 0 Å². The van der Waals surface area contributed by atoms with Gasteiger partial charge in [-0.3, -0.25) is 4.79 Å². The van der Waals surface area contributed by atoms with Crippen LogP contribution in [0, 0.1) is 23.7 Å². The summed E-state index contributed by atoms with van der Waals surface area (Å²) in [6, 6.07) is 8.96. The van der Waals surface area contributed by atoms with Gasteiger partial charge < -0.3 is 9.30 Å². The van der Waals surface area contributed by atoms with Gasteiger partial charge >= 0.3 is 5.97 Å². The third-order valence-electron chi connectivity index (χ3n) is 7.19. The van der Waals surface area contributed by atoms with E-state index in [1.807, 2.05) is 6.07 Å². The van der Waals surface area contributed by atoms with Crippen molar-refractivity contribution in [2.75, 3.05) is 0 Å². The number of rotatable bonds is 5. The van der Waals surface area contributed by atoms with Gasteiger partial charge in [-0.2, -0.15) is 0 Å². The fourth-order valence-electron chi connectivity index (χ4n) is 5.27. The maximum atomic E-state index is 13.0. The lowest BCUT2D eigenvalue weighted by Crippen LogP contribution is -2.36. The fraction of sp³-hybridized carbons (Fsp3) is 0.667. The molecule has 1 heterocycles. The molecule has 0 unspecified atom stereocenters. The first-order chi connectivity index (χ1) is 13.5. The summed E-state index contributed by atoms with van der Waals surface area (Å²) >= 11 is 0. The van der Waals surface area contributed by atoms with Crippen molar-refractivity contribution in [3.63, 3.8) is 0 Å². The summed E-state index contributed by atoms with van der Waals surface area (Å²) in [6.45, 7) is 6.81. The Morgan fingerprint density at radius 3 is 2.68 bits per heavy atom. The third kappa shape index (κ3) is 3.25. The molecule has 5 atom stereocenters. The van der Waals surface area contributed by atoms with E-state index >= 15 is 0 Å². The van der Waals surface area contributed by atoms with Gasteiger partial charge in [-0.1, -0.05) is 39.3 Å². The molecule has 3 aliphatic carbocycles. The number of esters is 1. The van der Waals surface area contributed by atoms with Crippen molar-refractivity contribution < 1.29 is 9.53 Å². The molecular formula is C24H32N2O2. The van der Waals surface area contributed by atoms with E-state index in [0.717, 1.165) is 24.2 Å². The van der Waals surface area contributed by atoms with Crippen LogP contribution < -0.4 is 0 Å². The SMILES string of the molecule is CC(C)[C@@H]1CC[C@@H](C)C[C@H]1OC(=O)[C@H]1C[C@@H]1c1nc2ccccc2n1C1CC1. The van der Waals surface area contributed by atoms with Crippen molar-refractivity contribution in [3.8, 4) is 0 Å². The van der Waals surface area contributed by atoms with Gasteiger partial charge in [0.1, 0.15) is 11.9 Å². The number of carbonyl (C=O) groups is 1. The van der Waals surface area contributed by atoms with Crippen LogP contribution in [0.3, 0.4) is 0 Å². The average Bonchev–Trinajstić information content (AvgIpc) is 3.58. The molecule has 0 spiro atoms. The van der Waals surface area contributed by atoms with Crippen LogP contribution in [0.25, 0.3) is 11.0 Å². The number of carbonyl (C=O) groups excluding carboxylic acids is 1. The van der Waals surface area contributed by atoms with Gasteiger partial charge in [-0.15, -0.1) is 0 Å². The molecule has 2 aromatic rings. The number of benzene rings is 1. The lowest BCUT2D eigenvalue weighted by atomic mass is 9.75. The van der Waals surface area contributed by atoms with Crippen LogP contribution in [0.4, 0.5) is 0 Å². The number of hydrogen-bond donors (Lipinski definition) is 0. The number of aromatic nitrogens is 2. The highest BCUT2D eigenvalue weighted by molar-refractivity contribution is 5.80. The smallest absolute Gasteiger partial charge is 0.309 e. The topological polar surface area (TPSA) is 44.1 Å². The molecule has 3 aliphatic rings. The van der Waals surface area contributed by atoms with E-state index in [1.165, 1.54) is 31.2 Å². The average molecular weight is 381 g/mol. The van der Waals surface area contributed by atoms with Gasteiger partial charge in [0.05, 0.1) is 17.0 Å². The van der Waals surface area contributed by atoms with Crippen LogP contribution >= 0.6 is 0 Å². The summed E-state index contributed by atoms with van der Waals surface area (Å²) in [7, 11) is 0. The number of ether oxygens (including phenoxy) is 1. The standard InChI is InChI=1S/C24H32N2O2/c1-14(2)17-11-8-15(3)12-22(17)28-24(27)19-13-18(19)23-25-20-6-4-5-7-21(20)26(23)16-9-10-16/h4-7,14-19,22H,8-13H2,1-3H3/t15-,17+,18+,19+,22-/m1/s1. The molecule has 3 saturated carbocycles. The van der Waals surface area contributed by atoms with Crippen LogP contribution in [-0.2, 0) is 9.53 Å². The number of hydrogen-bond acceptors (Lipinski definition) is 3. The van der Waals surface area contributed by atoms with Crippen molar-refractivity contribution in [1.29, 1.82) is 0 Å². The van der Waals surface area contributed by atoms with Crippen molar-refractivity contribution in [2.45, 2.75) is 77.4 Å². The fourth-order valence-corrected chi connectivity index (χ4v) is 5.27. The molecule has 4 heteroatoms. The van der Waals surface area contributed by atoms with E-state index in [1.54, 1.807) is 0 Å². The Labute approximate surface area is 167 Å². The van der Waals surface area contributed by atoms with E-state index < -0.39 is 0 Å². The van der Waals surface area contributed by atoms with E-state index in [2.05, 4.69) is 43.5 Å². The first-order valence-electron chi connectivity index (χ1n) is 11.2. The summed E-state index contributed by atoms with van der Waals surface area (Å²) in [5.74, 6) is 3.10. The highest BCUT2D eigenvalue weighted by Gasteiger charge is 2.50. The van der Waals surface area contributed by atoms with Crippen LogP contribution in [-0.4, -0.2) is 21.6 Å². The summed E-state index contributed by atoms with van der Waals surface area (Å²) in [6.07, 6.45) is 6.91. The number of para-hydroxylation sites is 2. The highest BCUT2D eigenvalue weighted by Crippen LogP contribution is 2.51. The van der Waals surface area contributed by atoms with E-state index in [-0.39, 0.29) is 23.9 Å². The molecular weight excluding hydrogens is 348 g/mol. The monoisotopic (exact) mass is 380 g/mol. The minimum absolute atomic E-state index is 0.000595. The van der Waals surface area contributed by atoms with Crippen LogP contribution in [0.2, 0.25) is 0 Å². The zero-order valence-corrected chi connectivity index (χ0v) is 17.3. The summed E-state index contributed by atoms with van der Waals surface area (Å²) in [5.41, 5.74) is 2.28. The van der Waals surface area contributed by atoms with Gasteiger partial charge in [-0.05, 0) is 62.0 Å². The lowest BCUT2D eigenvalue weighted by molar-refractivity contribution is -0.157. The van der Waals surface area contributed by atoms with E-state index in [4.69, 9.17) is 9.72 Å². The summed E-state index contributed by atoms with van der Waals surface area (Å²) in [5, 5.41) is 0. The zero-order valence-electron chi connectivity index (χ0n) is 17.3. The molecule has 0 radical (unpaired) electrons. The Bertz CT molecular complexity index is 882. The molecule has 0 saturated heterocycles. The first-order valence-corrected chi connectivity index (χ1v) is 11.2. The Kier molecular flexibility index (Phi) is 4.48. The second-order valence-electron chi connectivity index (χ2n) is 9.81. The van der Waals surface area contributed by atoms with Gasteiger partial charge in [0.15, 0.2) is 0 Å². The van der Waals surface area contributed by atoms with Gasteiger partial charge in [0, 0.05) is 12.0 Å².